The largest absolute Gasteiger partial charge is 0.416 e. The lowest BCUT2D eigenvalue weighted by Crippen LogP contribution is -2.05. The molecule has 1 heterocycles. The second kappa shape index (κ2) is 6.17. The lowest BCUT2D eigenvalue weighted by molar-refractivity contribution is -0.137. The van der Waals surface area contributed by atoms with Crippen molar-refractivity contribution in [3.63, 3.8) is 0 Å². The van der Waals surface area contributed by atoms with Crippen LogP contribution in [0.3, 0.4) is 0 Å². The Labute approximate surface area is 124 Å². The molecule has 0 radical (unpaired) electrons. The molecule has 0 fully saturated rings. The van der Waals surface area contributed by atoms with Crippen molar-refractivity contribution in [2.24, 2.45) is 0 Å². The third-order valence-corrected chi connectivity index (χ3v) is 2.90. The van der Waals surface area contributed by atoms with Crippen LogP contribution >= 0.6 is 11.6 Å². The van der Waals surface area contributed by atoms with E-state index in [4.69, 9.17) is 11.6 Å². The highest BCUT2D eigenvalue weighted by Crippen LogP contribution is 2.34. The van der Waals surface area contributed by atoms with Crippen LogP contribution in [-0.2, 0) is 6.18 Å². The van der Waals surface area contributed by atoms with Gasteiger partial charge < -0.3 is 10.6 Å². The highest BCUT2D eigenvalue weighted by Gasteiger charge is 2.30. The molecule has 0 atom stereocenters. The molecule has 112 valence electrons. The number of hydrogen-bond donors (Lipinski definition) is 2. The van der Waals surface area contributed by atoms with Gasteiger partial charge in [0.15, 0.2) is 0 Å². The van der Waals surface area contributed by atoms with E-state index in [1.165, 1.54) is 12.4 Å². The number of halogens is 4. The van der Waals surface area contributed by atoms with Crippen LogP contribution in [0, 0.1) is 0 Å². The number of nitrogens with one attached hydrogen (secondary N) is 2. The minimum absolute atomic E-state index is 0.0339. The van der Waals surface area contributed by atoms with Crippen LogP contribution in [0.25, 0.3) is 0 Å². The standard InChI is InChI=1S/C13H12ClF3N4/c1-2-18-11-6-12(20-7-19-11)21-10-4-3-8(5-9(10)14)13(15,16)17/h3-7H,2H2,1H3,(H2,18,19,20,21). The fourth-order valence-electron chi connectivity index (χ4n) is 1.63. The fraction of sp³-hybridized carbons (Fsp3) is 0.231. The number of rotatable bonds is 4. The molecular weight excluding hydrogens is 305 g/mol. The Hall–Kier alpha value is -2.02. The first-order valence-corrected chi connectivity index (χ1v) is 6.47. The number of alkyl halides is 3. The summed E-state index contributed by atoms with van der Waals surface area (Å²) in [6.07, 6.45) is -3.08. The monoisotopic (exact) mass is 316 g/mol. The Morgan fingerprint density at radius 1 is 1.14 bits per heavy atom. The molecule has 0 spiro atoms. The number of anilines is 3. The van der Waals surface area contributed by atoms with Crippen molar-refractivity contribution in [2.45, 2.75) is 13.1 Å². The quantitative estimate of drug-likeness (QED) is 0.881. The molecule has 1 aromatic heterocycles. The number of aromatic nitrogens is 2. The van der Waals surface area contributed by atoms with Crippen molar-refractivity contribution in [3.8, 4) is 0 Å². The van der Waals surface area contributed by atoms with Gasteiger partial charge in [-0.25, -0.2) is 9.97 Å². The summed E-state index contributed by atoms with van der Waals surface area (Å²) in [6, 6.07) is 4.73. The minimum atomic E-state index is -4.42. The molecule has 0 bridgehead atoms. The third kappa shape index (κ3) is 3.98. The fourth-order valence-corrected chi connectivity index (χ4v) is 1.86. The minimum Gasteiger partial charge on any atom is -0.370 e. The van der Waals surface area contributed by atoms with Crippen LogP contribution in [0.15, 0.2) is 30.6 Å². The van der Waals surface area contributed by atoms with E-state index in [0.717, 1.165) is 12.1 Å². The van der Waals surface area contributed by atoms with Crippen molar-refractivity contribution in [2.75, 3.05) is 17.2 Å². The molecule has 0 aliphatic carbocycles. The lowest BCUT2D eigenvalue weighted by atomic mass is 10.2. The zero-order valence-electron chi connectivity index (χ0n) is 11.0. The van der Waals surface area contributed by atoms with Gasteiger partial charge in [-0.2, -0.15) is 13.2 Å². The van der Waals surface area contributed by atoms with Gasteiger partial charge in [0.25, 0.3) is 0 Å². The normalized spacial score (nSPS) is 11.3. The van der Waals surface area contributed by atoms with Crippen LogP contribution in [0.4, 0.5) is 30.5 Å². The van der Waals surface area contributed by atoms with Crippen LogP contribution in [0.5, 0.6) is 0 Å². The Morgan fingerprint density at radius 3 is 2.48 bits per heavy atom. The van der Waals surface area contributed by atoms with Gasteiger partial charge in [0, 0.05) is 12.6 Å². The molecule has 0 amide bonds. The van der Waals surface area contributed by atoms with E-state index in [9.17, 15) is 13.2 Å². The number of hydrogen-bond acceptors (Lipinski definition) is 4. The lowest BCUT2D eigenvalue weighted by Gasteiger charge is -2.11. The first-order valence-electron chi connectivity index (χ1n) is 6.10. The summed E-state index contributed by atoms with van der Waals surface area (Å²) in [5.74, 6) is 1.04. The van der Waals surface area contributed by atoms with Gasteiger partial charge in [0.2, 0.25) is 0 Å². The topological polar surface area (TPSA) is 49.8 Å². The SMILES string of the molecule is CCNc1cc(Nc2ccc(C(F)(F)F)cc2Cl)ncn1. The van der Waals surface area contributed by atoms with Gasteiger partial charge in [-0.15, -0.1) is 0 Å². The molecule has 2 N–H and O–H groups in total. The molecule has 2 rings (SSSR count). The van der Waals surface area contributed by atoms with E-state index >= 15 is 0 Å². The van der Waals surface area contributed by atoms with Gasteiger partial charge in [-0.3, -0.25) is 0 Å². The molecule has 2 aromatic rings. The molecule has 1 aromatic carbocycles. The zero-order valence-corrected chi connectivity index (χ0v) is 11.8. The second-order valence-corrected chi connectivity index (χ2v) is 4.54. The van der Waals surface area contributed by atoms with Crippen molar-refractivity contribution >= 4 is 28.9 Å². The smallest absolute Gasteiger partial charge is 0.370 e. The van der Waals surface area contributed by atoms with E-state index < -0.39 is 11.7 Å². The molecule has 0 saturated carbocycles. The Balaban J connectivity index is 2.22. The van der Waals surface area contributed by atoms with E-state index in [2.05, 4.69) is 20.6 Å². The molecule has 0 aliphatic heterocycles. The highest BCUT2D eigenvalue weighted by molar-refractivity contribution is 6.33. The summed E-state index contributed by atoms with van der Waals surface area (Å²) >= 11 is 5.86. The molecule has 8 heteroatoms. The Morgan fingerprint density at radius 2 is 1.86 bits per heavy atom. The van der Waals surface area contributed by atoms with Crippen molar-refractivity contribution in [3.05, 3.63) is 41.2 Å². The van der Waals surface area contributed by atoms with E-state index in [0.29, 0.717) is 23.9 Å². The molecule has 0 saturated heterocycles. The summed E-state index contributed by atoms with van der Waals surface area (Å²) in [5.41, 5.74) is -0.458. The van der Waals surface area contributed by atoms with Crippen LogP contribution in [-0.4, -0.2) is 16.5 Å². The Bertz CT molecular complexity index is 631. The highest BCUT2D eigenvalue weighted by atomic mass is 35.5. The molecule has 0 unspecified atom stereocenters. The van der Waals surface area contributed by atoms with Gasteiger partial charge in [0.1, 0.15) is 18.0 Å². The van der Waals surface area contributed by atoms with Gasteiger partial charge in [-0.05, 0) is 25.1 Å². The van der Waals surface area contributed by atoms with E-state index in [-0.39, 0.29) is 5.02 Å². The van der Waals surface area contributed by atoms with E-state index in [1.807, 2.05) is 6.92 Å². The molecule has 0 aliphatic rings. The van der Waals surface area contributed by atoms with Gasteiger partial charge in [0.05, 0.1) is 16.3 Å². The summed E-state index contributed by atoms with van der Waals surface area (Å²) in [4.78, 5) is 7.98. The average molecular weight is 317 g/mol. The summed E-state index contributed by atoms with van der Waals surface area (Å²) in [6.45, 7) is 2.61. The number of benzene rings is 1. The van der Waals surface area contributed by atoms with Gasteiger partial charge in [-0.1, -0.05) is 11.6 Å². The van der Waals surface area contributed by atoms with Crippen LogP contribution < -0.4 is 10.6 Å². The first-order chi connectivity index (χ1) is 9.90. The molecular formula is C13H12ClF3N4. The van der Waals surface area contributed by atoms with Gasteiger partial charge >= 0.3 is 6.18 Å². The van der Waals surface area contributed by atoms with Crippen LogP contribution in [0.1, 0.15) is 12.5 Å². The van der Waals surface area contributed by atoms with Crippen LogP contribution in [0.2, 0.25) is 5.02 Å². The predicted octanol–water partition coefficient (Wildman–Crippen LogP) is 4.32. The van der Waals surface area contributed by atoms with Crippen molar-refractivity contribution < 1.29 is 13.2 Å². The number of nitrogens with zero attached hydrogens (tertiary/aromatic N) is 2. The summed E-state index contributed by atoms with van der Waals surface area (Å²) in [7, 11) is 0. The summed E-state index contributed by atoms with van der Waals surface area (Å²) in [5, 5.41) is 5.83. The third-order valence-electron chi connectivity index (χ3n) is 2.58. The maximum Gasteiger partial charge on any atom is 0.416 e. The maximum atomic E-state index is 12.6. The maximum absolute atomic E-state index is 12.6. The molecule has 21 heavy (non-hydrogen) atoms. The first kappa shape index (κ1) is 15.4. The van der Waals surface area contributed by atoms with Crippen molar-refractivity contribution in [1.29, 1.82) is 0 Å². The zero-order chi connectivity index (χ0) is 15.5. The van der Waals surface area contributed by atoms with Crippen molar-refractivity contribution in [1.82, 2.24) is 9.97 Å². The predicted molar refractivity (Wildman–Crippen MR) is 75.9 cm³/mol. The second-order valence-electron chi connectivity index (χ2n) is 4.14. The average Bonchev–Trinajstić information content (AvgIpc) is 2.41. The molecule has 4 nitrogen and oxygen atoms in total. The Kier molecular flexibility index (Phi) is 4.52. The summed E-state index contributed by atoms with van der Waals surface area (Å²) < 4.78 is 37.7. The van der Waals surface area contributed by atoms with E-state index in [1.54, 1.807) is 6.07 Å².